The molecule has 106 valence electrons. The first-order valence-corrected chi connectivity index (χ1v) is 7.04. The first-order valence-electron chi connectivity index (χ1n) is 7.04. The molecule has 18 heavy (non-hydrogen) atoms. The van der Waals surface area contributed by atoms with E-state index in [1.54, 1.807) is 7.11 Å². The van der Waals surface area contributed by atoms with Gasteiger partial charge in [0.15, 0.2) is 0 Å². The van der Waals surface area contributed by atoms with E-state index in [1.165, 1.54) is 0 Å². The number of carbonyl (C=O) groups is 1. The summed E-state index contributed by atoms with van der Waals surface area (Å²) in [5, 5.41) is 3.32. The van der Waals surface area contributed by atoms with Gasteiger partial charge in [-0.05, 0) is 39.3 Å². The molecule has 0 radical (unpaired) electrons. The van der Waals surface area contributed by atoms with Gasteiger partial charge in [0.2, 0.25) is 5.91 Å². The normalized spacial score (nSPS) is 20.4. The second kappa shape index (κ2) is 7.10. The van der Waals surface area contributed by atoms with Gasteiger partial charge in [-0.1, -0.05) is 13.3 Å². The lowest BCUT2D eigenvalue weighted by Crippen LogP contribution is -2.52. The van der Waals surface area contributed by atoms with Gasteiger partial charge in [0.05, 0.1) is 12.0 Å². The molecule has 0 bridgehead atoms. The first kappa shape index (κ1) is 15.4. The van der Waals surface area contributed by atoms with Gasteiger partial charge in [0.25, 0.3) is 0 Å². The number of hydrogen-bond donors (Lipinski definition) is 1. The molecule has 0 aromatic rings. The van der Waals surface area contributed by atoms with Crippen molar-refractivity contribution >= 4 is 5.91 Å². The Balaban J connectivity index is 2.75. The van der Waals surface area contributed by atoms with Gasteiger partial charge in [-0.15, -0.1) is 0 Å². The van der Waals surface area contributed by atoms with E-state index in [-0.39, 0.29) is 11.3 Å². The maximum absolute atomic E-state index is 12.7. The molecule has 0 spiro atoms. The Hall–Kier alpha value is -0.610. The van der Waals surface area contributed by atoms with E-state index in [0.717, 1.165) is 38.8 Å². The molecule has 1 N–H and O–H groups in total. The molecule has 0 aromatic heterocycles. The zero-order valence-corrected chi connectivity index (χ0v) is 12.3. The van der Waals surface area contributed by atoms with E-state index in [4.69, 9.17) is 4.74 Å². The fourth-order valence-corrected chi connectivity index (χ4v) is 2.79. The van der Waals surface area contributed by atoms with Crippen LogP contribution in [-0.2, 0) is 9.53 Å². The van der Waals surface area contributed by atoms with Crippen LogP contribution in [0, 0.1) is 5.41 Å². The molecule has 4 nitrogen and oxygen atoms in total. The molecule has 1 amide bonds. The molecule has 1 unspecified atom stereocenters. The Morgan fingerprint density at radius 2 is 2.06 bits per heavy atom. The Kier molecular flexibility index (Phi) is 6.09. The van der Waals surface area contributed by atoms with Crippen LogP contribution in [0.15, 0.2) is 0 Å². The lowest BCUT2D eigenvalue weighted by molar-refractivity contribution is -0.148. The van der Waals surface area contributed by atoms with Gasteiger partial charge < -0.3 is 15.0 Å². The van der Waals surface area contributed by atoms with Crippen LogP contribution in [0.5, 0.6) is 0 Å². The Morgan fingerprint density at radius 3 is 2.56 bits per heavy atom. The smallest absolute Gasteiger partial charge is 0.231 e. The summed E-state index contributed by atoms with van der Waals surface area (Å²) in [6.07, 6.45) is 3.92. The van der Waals surface area contributed by atoms with Crippen LogP contribution in [0.4, 0.5) is 0 Å². The minimum absolute atomic E-state index is 0.256. The molecule has 1 aliphatic heterocycles. The maximum atomic E-state index is 12.7. The van der Waals surface area contributed by atoms with Crippen molar-refractivity contribution in [1.82, 2.24) is 10.2 Å². The highest BCUT2D eigenvalue weighted by molar-refractivity contribution is 5.83. The molecule has 1 aliphatic rings. The van der Waals surface area contributed by atoms with Crippen LogP contribution in [0.3, 0.4) is 0 Å². The van der Waals surface area contributed by atoms with Gasteiger partial charge >= 0.3 is 0 Å². The third kappa shape index (κ3) is 3.45. The van der Waals surface area contributed by atoms with Crippen LogP contribution >= 0.6 is 0 Å². The van der Waals surface area contributed by atoms with E-state index < -0.39 is 0 Å². The van der Waals surface area contributed by atoms with Crippen molar-refractivity contribution in [3.8, 4) is 0 Å². The first-order chi connectivity index (χ1) is 8.57. The molecular weight excluding hydrogens is 228 g/mol. The molecule has 4 heteroatoms. The standard InChI is InChI=1S/C14H28N2O2/c1-5-6-12(2)16(3)13(17)14(11-18-4)7-9-15-10-8-14/h12,15H,5-11H2,1-4H3. The zero-order chi connectivity index (χ0) is 13.6. The predicted octanol–water partition coefficient (Wildman–Crippen LogP) is 1.65. The van der Waals surface area contributed by atoms with E-state index in [0.29, 0.717) is 12.6 Å². The Morgan fingerprint density at radius 1 is 1.44 bits per heavy atom. The van der Waals surface area contributed by atoms with E-state index >= 15 is 0 Å². The lowest BCUT2D eigenvalue weighted by atomic mass is 9.78. The summed E-state index contributed by atoms with van der Waals surface area (Å²) in [5.41, 5.74) is -0.309. The fourth-order valence-electron chi connectivity index (χ4n) is 2.79. The molecule has 0 aliphatic carbocycles. The van der Waals surface area contributed by atoms with E-state index in [9.17, 15) is 4.79 Å². The van der Waals surface area contributed by atoms with Crippen LogP contribution in [-0.4, -0.2) is 50.7 Å². The summed E-state index contributed by atoms with van der Waals surface area (Å²) in [4.78, 5) is 14.7. The van der Waals surface area contributed by atoms with Crippen LogP contribution in [0.25, 0.3) is 0 Å². The summed E-state index contributed by atoms with van der Waals surface area (Å²) in [5.74, 6) is 0.256. The summed E-state index contributed by atoms with van der Waals surface area (Å²) >= 11 is 0. The highest BCUT2D eigenvalue weighted by Gasteiger charge is 2.42. The number of hydrogen-bond acceptors (Lipinski definition) is 3. The van der Waals surface area contributed by atoms with Crippen molar-refractivity contribution in [2.45, 2.75) is 45.6 Å². The highest BCUT2D eigenvalue weighted by Crippen LogP contribution is 2.32. The monoisotopic (exact) mass is 256 g/mol. The third-order valence-corrected chi connectivity index (χ3v) is 4.12. The summed E-state index contributed by atoms with van der Waals surface area (Å²) in [7, 11) is 3.62. The van der Waals surface area contributed by atoms with Crippen molar-refractivity contribution in [1.29, 1.82) is 0 Å². The van der Waals surface area contributed by atoms with Crippen molar-refractivity contribution in [2.75, 3.05) is 33.9 Å². The van der Waals surface area contributed by atoms with Crippen molar-refractivity contribution in [3.05, 3.63) is 0 Å². The van der Waals surface area contributed by atoms with Gasteiger partial charge in [0, 0.05) is 20.2 Å². The summed E-state index contributed by atoms with van der Waals surface area (Å²) in [6.45, 7) is 6.64. The SMILES string of the molecule is CCCC(C)N(C)C(=O)C1(COC)CCNCC1. The maximum Gasteiger partial charge on any atom is 0.231 e. The van der Waals surface area contributed by atoms with Gasteiger partial charge in [-0.25, -0.2) is 0 Å². The second-order valence-electron chi connectivity index (χ2n) is 5.52. The van der Waals surface area contributed by atoms with Crippen LogP contribution in [0.1, 0.15) is 39.5 Å². The molecule has 1 heterocycles. The number of piperidine rings is 1. The number of amides is 1. The molecule has 1 saturated heterocycles. The number of ether oxygens (including phenoxy) is 1. The second-order valence-corrected chi connectivity index (χ2v) is 5.52. The van der Waals surface area contributed by atoms with Crippen molar-refractivity contribution in [3.63, 3.8) is 0 Å². The molecule has 0 aromatic carbocycles. The molecule has 1 atom stereocenters. The number of carbonyl (C=O) groups excluding carboxylic acids is 1. The fraction of sp³-hybridized carbons (Fsp3) is 0.929. The molecular formula is C14H28N2O2. The average Bonchev–Trinajstić information content (AvgIpc) is 2.38. The minimum Gasteiger partial charge on any atom is -0.384 e. The van der Waals surface area contributed by atoms with Crippen molar-refractivity contribution in [2.24, 2.45) is 5.41 Å². The summed E-state index contributed by atoms with van der Waals surface area (Å²) < 4.78 is 5.32. The number of methoxy groups -OCH3 is 1. The quantitative estimate of drug-likeness (QED) is 0.785. The number of nitrogens with one attached hydrogen (secondary N) is 1. The summed E-state index contributed by atoms with van der Waals surface area (Å²) in [6, 6.07) is 0.311. The lowest BCUT2D eigenvalue weighted by Gasteiger charge is -2.40. The van der Waals surface area contributed by atoms with E-state index in [2.05, 4.69) is 19.2 Å². The number of rotatable bonds is 6. The average molecular weight is 256 g/mol. The third-order valence-electron chi connectivity index (χ3n) is 4.12. The Labute approximate surface area is 111 Å². The van der Waals surface area contributed by atoms with E-state index in [1.807, 2.05) is 11.9 Å². The zero-order valence-electron chi connectivity index (χ0n) is 12.3. The van der Waals surface area contributed by atoms with Crippen LogP contribution in [0.2, 0.25) is 0 Å². The molecule has 1 fully saturated rings. The minimum atomic E-state index is -0.309. The highest BCUT2D eigenvalue weighted by atomic mass is 16.5. The van der Waals surface area contributed by atoms with Gasteiger partial charge in [0.1, 0.15) is 0 Å². The molecule has 0 saturated carbocycles. The predicted molar refractivity (Wildman–Crippen MR) is 73.6 cm³/mol. The van der Waals surface area contributed by atoms with Gasteiger partial charge in [-0.2, -0.15) is 0 Å². The topological polar surface area (TPSA) is 41.6 Å². The number of nitrogens with zero attached hydrogens (tertiary/aromatic N) is 1. The Bertz CT molecular complexity index is 257. The van der Waals surface area contributed by atoms with Crippen LogP contribution < -0.4 is 5.32 Å². The molecule has 1 rings (SSSR count). The van der Waals surface area contributed by atoms with Gasteiger partial charge in [-0.3, -0.25) is 4.79 Å². The van der Waals surface area contributed by atoms with Crippen molar-refractivity contribution < 1.29 is 9.53 Å². The largest absolute Gasteiger partial charge is 0.384 e.